The minimum absolute atomic E-state index is 0.520. The largest absolute Gasteiger partial charge is 0.872 e. The molecule has 0 N–H and O–H groups in total. The molecule has 3 heteroatoms. The zero-order valence-electron chi connectivity index (χ0n) is 4.40. The lowest BCUT2D eigenvalue weighted by Gasteiger charge is -2.02. The van der Waals surface area contributed by atoms with Crippen molar-refractivity contribution in [1.82, 2.24) is 0 Å². The quantitative estimate of drug-likeness (QED) is 0.513. The first kappa shape index (κ1) is 6.01. The van der Waals surface area contributed by atoms with Crippen molar-refractivity contribution in [2.24, 2.45) is 0 Å². The highest BCUT2D eigenvalue weighted by atomic mass is 19.2. The third-order valence-electron chi connectivity index (χ3n) is 0.891. The molecule has 0 aliphatic rings. The van der Waals surface area contributed by atoms with Gasteiger partial charge in [0, 0.05) is 0 Å². The van der Waals surface area contributed by atoms with Gasteiger partial charge in [-0.15, -0.1) is 5.75 Å². The number of rotatable bonds is 0. The number of halogens is 2. The fourth-order valence-electron chi connectivity index (χ4n) is 0.477. The van der Waals surface area contributed by atoms with E-state index in [0.29, 0.717) is 6.07 Å². The maximum atomic E-state index is 12.0. The summed E-state index contributed by atoms with van der Waals surface area (Å²) in [6.07, 6.45) is 0. The molecular formula is C6H3F2O-. The van der Waals surface area contributed by atoms with E-state index in [1.165, 1.54) is 0 Å². The average Bonchev–Trinajstić information content (AvgIpc) is 1.80. The average molecular weight is 129 g/mol. The third-order valence-corrected chi connectivity index (χ3v) is 0.891. The number of hydrogen-bond donors (Lipinski definition) is 0. The summed E-state index contributed by atoms with van der Waals surface area (Å²) in [5.41, 5.74) is 0. The van der Waals surface area contributed by atoms with E-state index in [0.717, 1.165) is 12.1 Å². The minimum Gasteiger partial charge on any atom is -0.872 e. The maximum absolute atomic E-state index is 12.0. The van der Waals surface area contributed by atoms with Gasteiger partial charge in [-0.05, 0) is 12.1 Å². The summed E-state index contributed by atoms with van der Waals surface area (Å²) >= 11 is 0. The Bertz CT molecular complexity index is 222. The van der Waals surface area contributed by atoms with Gasteiger partial charge in [-0.1, -0.05) is 6.07 Å². The highest BCUT2D eigenvalue weighted by Crippen LogP contribution is 2.09. The fourth-order valence-corrected chi connectivity index (χ4v) is 0.477. The molecule has 0 aliphatic carbocycles. The van der Waals surface area contributed by atoms with E-state index in [2.05, 4.69) is 0 Å². The molecule has 1 rings (SSSR count). The molecule has 0 aromatic heterocycles. The zero-order valence-corrected chi connectivity index (χ0v) is 4.40. The lowest BCUT2D eigenvalue weighted by molar-refractivity contribution is -0.268. The number of benzene rings is 1. The maximum Gasteiger partial charge on any atom is 0.158 e. The topological polar surface area (TPSA) is 23.1 Å². The van der Waals surface area contributed by atoms with Gasteiger partial charge < -0.3 is 5.11 Å². The van der Waals surface area contributed by atoms with Crippen LogP contribution in [0.1, 0.15) is 0 Å². The van der Waals surface area contributed by atoms with Gasteiger partial charge in [-0.3, -0.25) is 0 Å². The molecule has 0 saturated carbocycles. The van der Waals surface area contributed by atoms with Crippen molar-refractivity contribution in [2.45, 2.75) is 0 Å². The Morgan fingerprint density at radius 2 is 1.78 bits per heavy atom. The SMILES string of the molecule is [O-]c1ccc(F)c(F)c1. The Morgan fingerprint density at radius 1 is 1.11 bits per heavy atom. The second-order valence-electron chi connectivity index (χ2n) is 1.58. The Labute approximate surface area is 50.6 Å². The van der Waals surface area contributed by atoms with Crippen LogP contribution in [0, 0.1) is 11.6 Å². The van der Waals surface area contributed by atoms with E-state index >= 15 is 0 Å². The van der Waals surface area contributed by atoms with Crippen LogP contribution < -0.4 is 5.11 Å². The second kappa shape index (κ2) is 2.01. The molecular weight excluding hydrogens is 126 g/mol. The Hall–Kier alpha value is -1.12. The van der Waals surface area contributed by atoms with E-state index in [4.69, 9.17) is 0 Å². The molecule has 0 saturated heterocycles. The van der Waals surface area contributed by atoms with Gasteiger partial charge >= 0.3 is 0 Å². The summed E-state index contributed by atoms with van der Waals surface area (Å²) in [6, 6.07) is 2.38. The summed E-state index contributed by atoms with van der Waals surface area (Å²) in [4.78, 5) is 0. The fraction of sp³-hybridized carbons (Fsp3) is 0. The molecule has 1 aromatic carbocycles. The van der Waals surface area contributed by atoms with Crippen molar-refractivity contribution in [3.8, 4) is 5.75 Å². The molecule has 0 radical (unpaired) electrons. The highest BCUT2D eigenvalue weighted by Gasteiger charge is 1.95. The lowest BCUT2D eigenvalue weighted by atomic mass is 10.3. The van der Waals surface area contributed by atoms with Crippen LogP contribution in [0.3, 0.4) is 0 Å². The third kappa shape index (κ3) is 1.16. The van der Waals surface area contributed by atoms with E-state index in [-0.39, 0.29) is 0 Å². The Morgan fingerprint density at radius 3 is 2.22 bits per heavy atom. The lowest BCUT2D eigenvalue weighted by Crippen LogP contribution is -1.91. The first-order valence-corrected chi connectivity index (χ1v) is 2.32. The van der Waals surface area contributed by atoms with E-state index in [1.807, 2.05) is 0 Å². The normalized spacial score (nSPS) is 9.56. The standard InChI is InChI=1S/C6H4F2O/c7-5-2-1-4(9)3-6(5)8/h1-3,9H/p-1. The van der Waals surface area contributed by atoms with Gasteiger partial charge in [0.25, 0.3) is 0 Å². The minimum atomic E-state index is -1.09. The molecule has 0 aliphatic heterocycles. The van der Waals surface area contributed by atoms with Gasteiger partial charge in [0.15, 0.2) is 11.6 Å². The van der Waals surface area contributed by atoms with E-state index < -0.39 is 17.4 Å². The molecule has 0 heterocycles. The molecule has 0 bridgehead atoms. The van der Waals surface area contributed by atoms with Crippen LogP contribution in [-0.4, -0.2) is 0 Å². The van der Waals surface area contributed by atoms with Crippen LogP contribution in [0.25, 0.3) is 0 Å². The molecule has 48 valence electrons. The van der Waals surface area contributed by atoms with E-state index in [9.17, 15) is 13.9 Å². The van der Waals surface area contributed by atoms with Crippen LogP contribution in [0.2, 0.25) is 0 Å². The van der Waals surface area contributed by atoms with Crippen LogP contribution in [0.5, 0.6) is 5.75 Å². The molecule has 0 unspecified atom stereocenters. The highest BCUT2D eigenvalue weighted by molar-refractivity contribution is 5.20. The molecule has 1 nitrogen and oxygen atoms in total. The zero-order chi connectivity index (χ0) is 6.85. The molecule has 0 fully saturated rings. The monoisotopic (exact) mass is 129 g/mol. The smallest absolute Gasteiger partial charge is 0.158 e. The summed E-state index contributed by atoms with van der Waals surface area (Å²) in [6.45, 7) is 0. The van der Waals surface area contributed by atoms with Gasteiger partial charge in [-0.2, -0.15) is 0 Å². The van der Waals surface area contributed by atoms with Crippen molar-refractivity contribution in [2.75, 3.05) is 0 Å². The first-order chi connectivity index (χ1) is 4.20. The summed E-state index contributed by atoms with van der Waals surface area (Å²) in [7, 11) is 0. The van der Waals surface area contributed by atoms with Crippen molar-refractivity contribution < 1.29 is 13.9 Å². The van der Waals surface area contributed by atoms with Crippen LogP contribution in [0.15, 0.2) is 18.2 Å². The molecule has 9 heavy (non-hydrogen) atoms. The summed E-state index contributed by atoms with van der Waals surface area (Å²) in [5.74, 6) is -2.61. The molecule has 1 aromatic rings. The van der Waals surface area contributed by atoms with Gasteiger partial charge in [0.2, 0.25) is 0 Å². The van der Waals surface area contributed by atoms with Crippen molar-refractivity contribution in [1.29, 1.82) is 0 Å². The number of hydrogen-bond acceptors (Lipinski definition) is 1. The second-order valence-corrected chi connectivity index (χ2v) is 1.58. The van der Waals surface area contributed by atoms with Gasteiger partial charge in [0.1, 0.15) is 0 Å². The summed E-state index contributed by atoms with van der Waals surface area (Å²) < 4.78 is 24.0. The Kier molecular flexibility index (Phi) is 1.34. The van der Waals surface area contributed by atoms with Crippen molar-refractivity contribution >= 4 is 0 Å². The molecule has 0 amide bonds. The van der Waals surface area contributed by atoms with Gasteiger partial charge in [0.05, 0.1) is 0 Å². The van der Waals surface area contributed by atoms with Gasteiger partial charge in [-0.25, -0.2) is 8.78 Å². The first-order valence-electron chi connectivity index (χ1n) is 2.32. The van der Waals surface area contributed by atoms with Crippen molar-refractivity contribution in [3.63, 3.8) is 0 Å². The van der Waals surface area contributed by atoms with E-state index in [1.54, 1.807) is 0 Å². The molecule has 0 spiro atoms. The van der Waals surface area contributed by atoms with Crippen LogP contribution in [0.4, 0.5) is 8.78 Å². The van der Waals surface area contributed by atoms with Crippen LogP contribution in [-0.2, 0) is 0 Å². The molecule has 0 atom stereocenters. The summed E-state index contributed by atoms with van der Waals surface area (Å²) in [5, 5.41) is 10.2. The predicted molar refractivity (Wildman–Crippen MR) is 25.8 cm³/mol. The van der Waals surface area contributed by atoms with Crippen molar-refractivity contribution in [3.05, 3.63) is 29.8 Å². The predicted octanol–water partition coefficient (Wildman–Crippen LogP) is 1.04. The Balaban J connectivity index is 3.17. The van der Waals surface area contributed by atoms with Crippen LogP contribution >= 0.6 is 0 Å².